The van der Waals surface area contributed by atoms with Crippen LogP contribution in [0.15, 0.2) is 12.3 Å². The van der Waals surface area contributed by atoms with Crippen molar-refractivity contribution in [1.82, 2.24) is 10.3 Å². The predicted molar refractivity (Wildman–Crippen MR) is 71.9 cm³/mol. The minimum Gasteiger partial charge on any atom is -0.381 e. The Kier molecular flexibility index (Phi) is 7.36. The number of rotatable bonds is 8. The molecular weight excluding hydrogens is 271 g/mol. The molecule has 1 amide bonds. The van der Waals surface area contributed by atoms with Crippen LogP contribution in [0.4, 0.5) is 4.39 Å². The van der Waals surface area contributed by atoms with Gasteiger partial charge in [0.25, 0.3) is 5.91 Å². The second kappa shape index (κ2) is 8.82. The summed E-state index contributed by atoms with van der Waals surface area (Å²) in [6, 6.07) is 1.07. The average Bonchev–Trinajstić information content (AvgIpc) is 2.40. The van der Waals surface area contributed by atoms with Gasteiger partial charge >= 0.3 is 0 Å². The van der Waals surface area contributed by atoms with Crippen LogP contribution in [0, 0.1) is 5.82 Å². The van der Waals surface area contributed by atoms with Crippen molar-refractivity contribution in [2.75, 3.05) is 19.8 Å². The van der Waals surface area contributed by atoms with Gasteiger partial charge in [0.2, 0.25) is 0 Å². The largest absolute Gasteiger partial charge is 0.381 e. The number of amides is 1. The summed E-state index contributed by atoms with van der Waals surface area (Å²) >= 11 is 5.73. The molecule has 106 valence electrons. The van der Waals surface area contributed by atoms with E-state index in [0.717, 1.165) is 31.7 Å². The summed E-state index contributed by atoms with van der Waals surface area (Å²) in [5.41, 5.74) is 0.0496. The van der Waals surface area contributed by atoms with Crippen LogP contribution in [0.2, 0.25) is 5.15 Å². The fraction of sp³-hybridized carbons (Fsp3) is 0.538. The second-order valence-electron chi connectivity index (χ2n) is 4.07. The van der Waals surface area contributed by atoms with E-state index in [1.54, 1.807) is 0 Å². The molecule has 6 heteroatoms. The molecule has 0 aliphatic carbocycles. The molecule has 1 aromatic heterocycles. The first-order valence-corrected chi connectivity index (χ1v) is 6.70. The Morgan fingerprint density at radius 3 is 2.95 bits per heavy atom. The Labute approximate surface area is 117 Å². The number of unbranched alkanes of at least 4 members (excludes halogenated alkanes) is 1. The number of nitrogens with zero attached hydrogens (tertiary/aromatic N) is 1. The Morgan fingerprint density at radius 1 is 1.47 bits per heavy atom. The smallest absolute Gasteiger partial charge is 0.254 e. The van der Waals surface area contributed by atoms with Crippen LogP contribution in [0.1, 0.15) is 36.5 Å². The van der Waals surface area contributed by atoms with Gasteiger partial charge in [-0.1, -0.05) is 24.9 Å². The van der Waals surface area contributed by atoms with Crippen LogP contribution in [-0.4, -0.2) is 30.6 Å². The van der Waals surface area contributed by atoms with Crippen LogP contribution in [0.5, 0.6) is 0 Å². The number of halogens is 2. The highest BCUT2D eigenvalue weighted by molar-refractivity contribution is 6.32. The fourth-order valence-corrected chi connectivity index (χ4v) is 1.59. The number of pyridine rings is 1. The maximum absolute atomic E-state index is 12.9. The summed E-state index contributed by atoms with van der Waals surface area (Å²) in [4.78, 5) is 15.3. The van der Waals surface area contributed by atoms with Crippen molar-refractivity contribution in [1.29, 1.82) is 0 Å². The van der Waals surface area contributed by atoms with Crippen molar-refractivity contribution in [3.63, 3.8) is 0 Å². The third-order valence-corrected chi connectivity index (χ3v) is 2.74. The van der Waals surface area contributed by atoms with E-state index in [9.17, 15) is 9.18 Å². The van der Waals surface area contributed by atoms with Gasteiger partial charge in [-0.2, -0.15) is 0 Å². The van der Waals surface area contributed by atoms with E-state index >= 15 is 0 Å². The van der Waals surface area contributed by atoms with Crippen molar-refractivity contribution >= 4 is 17.5 Å². The number of nitrogens with one attached hydrogen (secondary N) is 1. The molecule has 4 nitrogen and oxygen atoms in total. The van der Waals surface area contributed by atoms with Gasteiger partial charge in [-0.3, -0.25) is 4.79 Å². The molecule has 0 atom stereocenters. The number of hydrogen-bond acceptors (Lipinski definition) is 3. The lowest BCUT2D eigenvalue weighted by Crippen LogP contribution is -2.26. The number of carbonyl (C=O) groups excluding carboxylic acids is 1. The molecule has 1 heterocycles. The highest BCUT2D eigenvalue weighted by Crippen LogP contribution is 2.13. The van der Waals surface area contributed by atoms with Gasteiger partial charge < -0.3 is 10.1 Å². The van der Waals surface area contributed by atoms with E-state index < -0.39 is 11.7 Å². The number of hydrogen-bond donors (Lipinski definition) is 1. The molecule has 0 unspecified atom stereocenters. The van der Waals surface area contributed by atoms with E-state index in [1.807, 2.05) is 0 Å². The number of carbonyl (C=O) groups is 1. The lowest BCUT2D eigenvalue weighted by molar-refractivity contribution is 0.0939. The van der Waals surface area contributed by atoms with Gasteiger partial charge in [0, 0.05) is 19.8 Å². The number of aromatic nitrogens is 1. The topological polar surface area (TPSA) is 51.2 Å². The second-order valence-corrected chi connectivity index (χ2v) is 4.43. The van der Waals surface area contributed by atoms with Crippen molar-refractivity contribution in [2.24, 2.45) is 0 Å². The zero-order valence-electron chi connectivity index (χ0n) is 10.9. The molecule has 0 saturated carbocycles. The zero-order valence-corrected chi connectivity index (χ0v) is 11.7. The molecule has 1 aromatic rings. The van der Waals surface area contributed by atoms with Crippen LogP contribution in [-0.2, 0) is 4.74 Å². The Hall–Kier alpha value is -1.20. The van der Waals surface area contributed by atoms with Crippen LogP contribution < -0.4 is 5.32 Å². The molecule has 0 spiro atoms. The summed E-state index contributed by atoms with van der Waals surface area (Å²) in [5, 5.41) is 2.65. The molecule has 0 aromatic carbocycles. The Morgan fingerprint density at radius 2 is 2.21 bits per heavy atom. The summed E-state index contributed by atoms with van der Waals surface area (Å²) < 4.78 is 18.3. The molecule has 0 aliphatic heterocycles. The van der Waals surface area contributed by atoms with Crippen LogP contribution >= 0.6 is 11.6 Å². The van der Waals surface area contributed by atoms with Crippen LogP contribution in [0.3, 0.4) is 0 Å². The predicted octanol–water partition coefficient (Wildman–Crippen LogP) is 2.81. The molecule has 0 bridgehead atoms. The minimum absolute atomic E-state index is 0.00176. The summed E-state index contributed by atoms with van der Waals surface area (Å²) in [5.74, 6) is -1.01. The van der Waals surface area contributed by atoms with Gasteiger partial charge in [-0.15, -0.1) is 0 Å². The van der Waals surface area contributed by atoms with E-state index in [0.29, 0.717) is 19.6 Å². The molecule has 0 fully saturated rings. The third kappa shape index (κ3) is 5.98. The molecule has 19 heavy (non-hydrogen) atoms. The van der Waals surface area contributed by atoms with Crippen molar-refractivity contribution in [2.45, 2.75) is 26.2 Å². The number of ether oxygens (including phenoxy) is 1. The van der Waals surface area contributed by atoms with Gasteiger partial charge in [0.05, 0.1) is 11.8 Å². The first-order valence-electron chi connectivity index (χ1n) is 6.32. The van der Waals surface area contributed by atoms with E-state index in [-0.39, 0.29) is 10.7 Å². The first-order chi connectivity index (χ1) is 9.15. The molecule has 0 radical (unpaired) electrons. The Balaban J connectivity index is 2.26. The quantitative estimate of drug-likeness (QED) is 0.591. The SMILES string of the molecule is CCCCOCCCNC(=O)c1cc(F)cnc1Cl. The third-order valence-electron chi connectivity index (χ3n) is 2.44. The normalized spacial score (nSPS) is 10.5. The summed E-state index contributed by atoms with van der Waals surface area (Å²) in [7, 11) is 0. The van der Waals surface area contributed by atoms with Crippen molar-refractivity contribution in [3.8, 4) is 0 Å². The van der Waals surface area contributed by atoms with Crippen LogP contribution in [0.25, 0.3) is 0 Å². The van der Waals surface area contributed by atoms with Gasteiger partial charge in [-0.25, -0.2) is 9.37 Å². The standard InChI is InChI=1S/C13H18ClFN2O2/c1-2-3-6-19-7-4-5-16-13(18)11-8-10(15)9-17-12(11)14/h8-9H,2-7H2,1H3,(H,16,18). The van der Waals surface area contributed by atoms with Gasteiger partial charge in [0.1, 0.15) is 11.0 Å². The highest BCUT2D eigenvalue weighted by atomic mass is 35.5. The maximum atomic E-state index is 12.9. The van der Waals surface area contributed by atoms with Crippen molar-refractivity contribution < 1.29 is 13.9 Å². The van der Waals surface area contributed by atoms with E-state index in [4.69, 9.17) is 16.3 Å². The molecular formula is C13H18ClFN2O2. The molecule has 0 saturated heterocycles. The van der Waals surface area contributed by atoms with Gasteiger partial charge in [0.15, 0.2) is 0 Å². The zero-order chi connectivity index (χ0) is 14.1. The van der Waals surface area contributed by atoms with E-state index in [2.05, 4.69) is 17.2 Å². The molecule has 0 aliphatic rings. The molecule has 1 N–H and O–H groups in total. The minimum atomic E-state index is -0.586. The lowest BCUT2D eigenvalue weighted by Gasteiger charge is -2.07. The highest BCUT2D eigenvalue weighted by Gasteiger charge is 2.11. The summed E-state index contributed by atoms with van der Waals surface area (Å²) in [6.07, 6.45) is 3.81. The van der Waals surface area contributed by atoms with Crippen molar-refractivity contribution in [3.05, 3.63) is 28.8 Å². The summed E-state index contributed by atoms with van der Waals surface area (Å²) in [6.45, 7) is 3.89. The monoisotopic (exact) mass is 288 g/mol. The maximum Gasteiger partial charge on any atom is 0.254 e. The lowest BCUT2D eigenvalue weighted by atomic mass is 10.2. The van der Waals surface area contributed by atoms with E-state index in [1.165, 1.54) is 0 Å². The Bertz CT molecular complexity index is 416. The van der Waals surface area contributed by atoms with Gasteiger partial charge in [-0.05, 0) is 18.9 Å². The first kappa shape index (κ1) is 15.9. The molecule has 1 rings (SSSR count). The average molecular weight is 289 g/mol. The fourth-order valence-electron chi connectivity index (χ4n) is 1.40.